The van der Waals surface area contributed by atoms with Crippen molar-refractivity contribution >= 4 is 0 Å². The van der Waals surface area contributed by atoms with Crippen molar-refractivity contribution in [1.29, 1.82) is 0 Å². The van der Waals surface area contributed by atoms with Gasteiger partial charge in [0.1, 0.15) is 73.2 Å². The van der Waals surface area contributed by atoms with Crippen molar-refractivity contribution in [2.45, 2.75) is 222 Å². The minimum Gasteiger partial charge on any atom is -0.394 e. The Morgan fingerprint density at radius 3 is 1.79 bits per heavy atom. The van der Waals surface area contributed by atoms with Crippen LogP contribution in [0.3, 0.4) is 0 Å². The van der Waals surface area contributed by atoms with E-state index in [4.69, 9.17) is 28.4 Å². The zero-order valence-corrected chi connectivity index (χ0v) is 40.6. The van der Waals surface area contributed by atoms with E-state index in [0.29, 0.717) is 25.7 Å². The van der Waals surface area contributed by atoms with Crippen LogP contribution in [-0.2, 0) is 28.4 Å². The van der Waals surface area contributed by atoms with Crippen LogP contribution in [0.5, 0.6) is 0 Å². The molecule has 3 aliphatic heterocycles. The highest BCUT2D eigenvalue weighted by molar-refractivity contribution is 5.32. The molecule has 4 aliphatic carbocycles. The van der Waals surface area contributed by atoms with E-state index in [1.807, 2.05) is 6.92 Å². The zero-order valence-electron chi connectivity index (χ0n) is 40.6. The number of aliphatic hydroxyl groups excluding tert-OH is 13. The highest BCUT2D eigenvalue weighted by atomic mass is 16.7. The van der Waals surface area contributed by atoms with E-state index in [-0.39, 0.29) is 35.5 Å². The number of rotatable bonds is 14. The summed E-state index contributed by atoms with van der Waals surface area (Å²) in [5.41, 5.74) is -2.23. The molecule has 0 spiro atoms. The van der Waals surface area contributed by atoms with Gasteiger partial charge in [-0.25, -0.2) is 0 Å². The Hall–Kier alpha value is -1.06. The van der Waals surface area contributed by atoms with Gasteiger partial charge in [0.05, 0.1) is 49.8 Å². The Morgan fingerprint density at radius 2 is 1.22 bits per heavy atom. The van der Waals surface area contributed by atoms with E-state index in [9.17, 15) is 71.5 Å². The molecule has 6 fully saturated rings. The minimum absolute atomic E-state index is 0.00454. The molecule has 7 rings (SSSR count). The molecule has 1 unspecified atom stereocenters. The molecule has 394 valence electrons. The fourth-order valence-corrected chi connectivity index (χ4v) is 14.1. The first-order valence-electron chi connectivity index (χ1n) is 24.6. The lowest BCUT2D eigenvalue weighted by Gasteiger charge is -2.67. The Morgan fingerprint density at radius 1 is 0.691 bits per heavy atom. The van der Waals surface area contributed by atoms with E-state index in [2.05, 4.69) is 40.7 Å². The molecule has 68 heavy (non-hydrogen) atoms. The predicted molar refractivity (Wildman–Crippen MR) is 236 cm³/mol. The Kier molecular flexibility index (Phi) is 16.1. The van der Waals surface area contributed by atoms with Gasteiger partial charge in [-0.05, 0) is 86.9 Å². The summed E-state index contributed by atoms with van der Waals surface area (Å²) in [4.78, 5) is 0. The van der Waals surface area contributed by atoms with Crippen molar-refractivity contribution in [2.75, 3.05) is 19.8 Å². The van der Waals surface area contributed by atoms with E-state index in [1.165, 1.54) is 13.8 Å². The second-order valence-electron chi connectivity index (χ2n) is 23.2. The van der Waals surface area contributed by atoms with Crippen LogP contribution in [0.2, 0.25) is 0 Å². The molecular formula is C48H82O20. The van der Waals surface area contributed by atoms with E-state index >= 15 is 0 Å². The minimum atomic E-state index is -1.82. The highest BCUT2D eigenvalue weighted by Gasteiger charge is 2.70. The molecule has 0 aromatic rings. The molecule has 3 saturated carbocycles. The molecule has 0 aromatic carbocycles. The largest absolute Gasteiger partial charge is 0.394 e. The number of hydrogen-bond donors (Lipinski definition) is 14. The molecule has 20 nitrogen and oxygen atoms in total. The van der Waals surface area contributed by atoms with Gasteiger partial charge in [0.15, 0.2) is 18.9 Å². The molecule has 0 bridgehead atoms. The van der Waals surface area contributed by atoms with Gasteiger partial charge in [0, 0.05) is 17.3 Å². The lowest BCUT2D eigenvalue weighted by atomic mass is 9.38. The van der Waals surface area contributed by atoms with Gasteiger partial charge in [-0.15, -0.1) is 0 Å². The molecule has 7 aliphatic rings. The molecular weight excluding hydrogens is 897 g/mol. The molecule has 20 heteroatoms. The molecule has 0 aromatic heterocycles. The average Bonchev–Trinajstić information content (AvgIpc) is 3.55. The van der Waals surface area contributed by atoms with Crippen molar-refractivity contribution in [1.82, 2.24) is 0 Å². The number of hydrogen-bond acceptors (Lipinski definition) is 20. The fraction of sp³-hybridized carbons (Fsp3) is 0.958. The quantitative estimate of drug-likeness (QED) is 0.0831. The van der Waals surface area contributed by atoms with Crippen molar-refractivity contribution in [3.05, 3.63) is 11.6 Å². The van der Waals surface area contributed by atoms with E-state index in [0.717, 1.165) is 18.4 Å². The SMILES string of the molecule is C[C@H](C(O)C[C@@H](O[C@@H]1O[C@H](CO[C@@H]2O[C@H](CO)[C@@H](O)[C@H](O)[C@H]2O)[C@@H](O)[C@H](O)[C@H]1O)C(C)(C)O)[C@H]1CC[C@@]2(C)[C@@H]3CC=C4[C@@H](CC[C@H](O[C@@H]5O[C@H](CO)[C@@H](O)[C@H](O)[C@H]5O)C4(C)C)[C@]3(C)[C@H](O)C[C@]12C. The van der Waals surface area contributed by atoms with Crippen LogP contribution in [-0.4, -0.2) is 213 Å². The highest BCUT2D eigenvalue weighted by Crippen LogP contribution is 2.75. The maximum Gasteiger partial charge on any atom is 0.187 e. The van der Waals surface area contributed by atoms with Gasteiger partial charge in [-0.3, -0.25) is 0 Å². The van der Waals surface area contributed by atoms with Gasteiger partial charge in [-0.2, -0.15) is 0 Å². The smallest absolute Gasteiger partial charge is 0.187 e. The average molecular weight is 979 g/mol. The molecule has 26 atom stereocenters. The van der Waals surface area contributed by atoms with Crippen molar-refractivity contribution < 1.29 is 99.9 Å². The van der Waals surface area contributed by atoms with Crippen LogP contribution in [0.1, 0.15) is 100 Å². The second kappa shape index (κ2) is 20.0. The van der Waals surface area contributed by atoms with Crippen LogP contribution < -0.4 is 0 Å². The summed E-state index contributed by atoms with van der Waals surface area (Å²) in [7, 11) is 0. The predicted octanol–water partition coefficient (Wildman–Crippen LogP) is -2.09. The Balaban J connectivity index is 1.03. The lowest BCUT2D eigenvalue weighted by Crippen LogP contribution is -2.65. The van der Waals surface area contributed by atoms with Gasteiger partial charge >= 0.3 is 0 Å². The summed E-state index contributed by atoms with van der Waals surface area (Å²) in [6.45, 7) is 14.0. The van der Waals surface area contributed by atoms with Crippen LogP contribution >= 0.6 is 0 Å². The summed E-state index contributed by atoms with van der Waals surface area (Å²) in [5, 5.41) is 150. The monoisotopic (exact) mass is 979 g/mol. The van der Waals surface area contributed by atoms with Crippen molar-refractivity contribution in [3.8, 4) is 0 Å². The Bertz CT molecular complexity index is 1740. The molecule has 3 saturated heterocycles. The third kappa shape index (κ3) is 9.19. The lowest BCUT2D eigenvalue weighted by molar-refractivity contribution is -0.342. The fourth-order valence-electron chi connectivity index (χ4n) is 14.1. The summed E-state index contributed by atoms with van der Waals surface area (Å²) >= 11 is 0. The number of allylic oxidation sites excluding steroid dienone is 1. The summed E-state index contributed by atoms with van der Waals surface area (Å²) in [6.07, 6.45) is -20.4. The number of aliphatic hydroxyl groups is 14. The van der Waals surface area contributed by atoms with E-state index < -0.39 is 158 Å². The number of ether oxygens (including phenoxy) is 6. The first-order chi connectivity index (χ1) is 31.6. The van der Waals surface area contributed by atoms with Crippen molar-refractivity contribution in [3.63, 3.8) is 0 Å². The molecule has 0 radical (unpaired) electrons. The zero-order chi connectivity index (χ0) is 50.4. The van der Waals surface area contributed by atoms with Gasteiger partial charge in [0.2, 0.25) is 0 Å². The van der Waals surface area contributed by atoms with Crippen LogP contribution in [0, 0.1) is 45.3 Å². The second-order valence-corrected chi connectivity index (χ2v) is 23.2. The maximum absolute atomic E-state index is 12.6. The van der Waals surface area contributed by atoms with Crippen LogP contribution in [0.4, 0.5) is 0 Å². The van der Waals surface area contributed by atoms with E-state index in [1.54, 1.807) is 0 Å². The van der Waals surface area contributed by atoms with Crippen molar-refractivity contribution in [2.24, 2.45) is 45.3 Å². The third-order valence-corrected chi connectivity index (χ3v) is 18.8. The summed E-state index contributed by atoms with van der Waals surface area (Å²) in [6, 6.07) is 0. The Labute approximate surface area is 398 Å². The molecule has 0 amide bonds. The first-order valence-corrected chi connectivity index (χ1v) is 24.6. The summed E-state index contributed by atoms with van der Waals surface area (Å²) < 4.78 is 35.1. The standard InChI is InChI=1S/C48H82O20/c1-20(24(51)15-31(45(4,5)62)68-43-40(61)37(58)34(55)27(66-43)19-63-41-38(59)35(56)32(53)25(17-49)64-41)21-13-14-46(6)28-11-9-22-23(48(28,8)29(52)16-47(21,46)7)10-12-30(44(22,2)3)67-42-39(60)36(57)33(54)26(18-50)65-42/h9,20-21,23-43,49-62H,10-19H2,1-8H3/t20-,21+,23+,24?,25+,26+,27+,28-,29+,30-,31+,32+,33+,34+,35-,36-,37-,38+,39+,40+,41+,42-,43-,46-,47+,48-/m0/s1. The van der Waals surface area contributed by atoms with Crippen LogP contribution in [0.15, 0.2) is 11.6 Å². The van der Waals surface area contributed by atoms with Gasteiger partial charge in [0.25, 0.3) is 0 Å². The third-order valence-electron chi connectivity index (χ3n) is 18.8. The maximum atomic E-state index is 12.6. The number of fused-ring (bicyclic) bond motifs is 5. The van der Waals surface area contributed by atoms with Gasteiger partial charge < -0.3 is 99.9 Å². The topological polar surface area (TPSA) is 339 Å². The normalized spacial score (nSPS) is 50.9. The van der Waals surface area contributed by atoms with Gasteiger partial charge in [-0.1, -0.05) is 53.2 Å². The summed E-state index contributed by atoms with van der Waals surface area (Å²) in [5.74, 6) is -0.349. The molecule has 3 heterocycles. The van der Waals surface area contributed by atoms with Crippen LogP contribution in [0.25, 0.3) is 0 Å². The first kappa shape index (κ1) is 54.7. The molecule has 14 N–H and O–H groups in total.